The Bertz CT molecular complexity index is 189. The van der Waals surface area contributed by atoms with Crippen molar-refractivity contribution in [1.29, 1.82) is 0 Å². The van der Waals surface area contributed by atoms with Gasteiger partial charge in [-0.3, -0.25) is 0 Å². The maximum Gasteiger partial charge on any atom is 0.00672 e. The highest BCUT2D eigenvalue weighted by Gasteiger charge is 2.18. The summed E-state index contributed by atoms with van der Waals surface area (Å²) in [7, 11) is 0. The summed E-state index contributed by atoms with van der Waals surface area (Å²) < 4.78 is 0. The first kappa shape index (κ1) is 12.8. The van der Waals surface area contributed by atoms with Crippen LogP contribution in [0.3, 0.4) is 0 Å². The average molecular weight is 241 g/mol. The van der Waals surface area contributed by atoms with E-state index in [0.717, 1.165) is 17.9 Å². The quantitative estimate of drug-likeness (QED) is 0.756. The molecule has 2 rings (SSSR count). The highest BCUT2D eigenvalue weighted by Crippen LogP contribution is 2.25. The molecule has 0 aromatic heterocycles. The van der Waals surface area contributed by atoms with Crippen molar-refractivity contribution in [2.75, 3.05) is 18.1 Å². The third kappa shape index (κ3) is 4.29. The molecule has 94 valence electrons. The van der Waals surface area contributed by atoms with Crippen LogP contribution < -0.4 is 5.32 Å². The molecule has 0 spiro atoms. The van der Waals surface area contributed by atoms with Crippen LogP contribution >= 0.6 is 11.8 Å². The van der Waals surface area contributed by atoms with Crippen LogP contribution in [0, 0.1) is 11.8 Å². The highest BCUT2D eigenvalue weighted by atomic mass is 32.2. The number of nitrogens with one attached hydrogen (secondary N) is 1. The van der Waals surface area contributed by atoms with Gasteiger partial charge in [0.05, 0.1) is 0 Å². The van der Waals surface area contributed by atoms with E-state index in [9.17, 15) is 0 Å². The van der Waals surface area contributed by atoms with Gasteiger partial charge in [0.1, 0.15) is 0 Å². The molecular weight excluding hydrogens is 214 g/mol. The minimum absolute atomic E-state index is 0.833. The van der Waals surface area contributed by atoms with Crippen molar-refractivity contribution < 1.29 is 0 Å². The fourth-order valence-corrected chi connectivity index (χ4v) is 4.18. The zero-order valence-electron chi connectivity index (χ0n) is 10.7. The number of thioether (sulfide) groups is 1. The third-order valence-corrected chi connectivity index (χ3v) is 5.34. The molecule has 2 atom stereocenters. The van der Waals surface area contributed by atoms with Crippen LogP contribution in [0.4, 0.5) is 0 Å². The molecule has 2 fully saturated rings. The molecule has 1 aliphatic heterocycles. The monoisotopic (exact) mass is 241 g/mol. The lowest BCUT2D eigenvalue weighted by Crippen LogP contribution is -2.34. The summed E-state index contributed by atoms with van der Waals surface area (Å²) in [6.45, 7) is 3.71. The standard InChI is InChI=1S/C14H27NS/c1-12-3-2-4-14(6-5-12)15-11-13-7-9-16-10-8-13/h12-15H,2-11H2,1H3. The first-order valence-electron chi connectivity index (χ1n) is 7.15. The summed E-state index contributed by atoms with van der Waals surface area (Å²) in [4.78, 5) is 0. The van der Waals surface area contributed by atoms with Crippen molar-refractivity contribution in [2.24, 2.45) is 11.8 Å². The molecule has 0 aromatic carbocycles. The average Bonchev–Trinajstić information content (AvgIpc) is 2.53. The van der Waals surface area contributed by atoms with E-state index in [-0.39, 0.29) is 0 Å². The topological polar surface area (TPSA) is 12.0 Å². The lowest BCUT2D eigenvalue weighted by Gasteiger charge is -2.24. The Morgan fingerprint density at radius 1 is 1.00 bits per heavy atom. The van der Waals surface area contributed by atoms with Crippen molar-refractivity contribution in [3.8, 4) is 0 Å². The maximum absolute atomic E-state index is 3.84. The Kier molecular flexibility index (Phi) is 5.51. The van der Waals surface area contributed by atoms with Gasteiger partial charge in [-0.25, -0.2) is 0 Å². The Morgan fingerprint density at radius 3 is 2.62 bits per heavy atom. The van der Waals surface area contributed by atoms with Gasteiger partial charge < -0.3 is 5.32 Å². The van der Waals surface area contributed by atoms with E-state index in [1.807, 2.05) is 0 Å². The van der Waals surface area contributed by atoms with Crippen molar-refractivity contribution in [3.05, 3.63) is 0 Å². The van der Waals surface area contributed by atoms with Crippen molar-refractivity contribution in [1.82, 2.24) is 5.32 Å². The third-order valence-electron chi connectivity index (χ3n) is 4.29. The van der Waals surface area contributed by atoms with E-state index < -0.39 is 0 Å². The summed E-state index contributed by atoms with van der Waals surface area (Å²) in [5.74, 6) is 4.74. The molecule has 1 nitrogen and oxygen atoms in total. The van der Waals surface area contributed by atoms with Crippen LogP contribution in [-0.4, -0.2) is 24.1 Å². The Balaban J connectivity index is 1.64. The molecule has 1 saturated heterocycles. The molecular formula is C14H27NS. The van der Waals surface area contributed by atoms with Gasteiger partial charge in [0.15, 0.2) is 0 Å². The van der Waals surface area contributed by atoms with Gasteiger partial charge in [0, 0.05) is 6.04 Å². The summed E-state index contributed by atoms with van der Waals surface area (Å²) in [5.41, 5.74) is 0. The predicted octanol–water partition coefficient (Wildman–Crippen LogP) is 3.69. The van der Waals surface area contributed by atoms with Crippen LogP contribution in [0.15, 0.2) is 0 Å². The number of rotatable bonds is 3. The molecule has 0 radical (unpaired) electrons. The van der Waals surface area contributed by atoms with Crippen LogP contribution in [0.2, 0.25) is 0 Å². The normalized spacial score (nSPS) is 33.6. The molecule has 2 heteroatoms. The van der Waals surface area contributed by atoms with Gasteiger partial charge >= 0.3 is 0 Å². The van der Waals surface area contributed by atoms with Gasteiger partial charge in [-0.15, -0.1) is 0 Å². The van der Waals surface area contributed by atoms with E-state index in [2.05, 4.69) is 24.0 Å². The van der Waals surface area contributed by atoms with Gasteiger partial charge in [0.25, 0.3) is 0 Å². The Labute approximate surface area is 105 Å². The van der Waals surface area contributed by atoms with Gasteiger partial charge in [-0.2, -0.15) is 11.8 Å². The summed E-state index contributed by atoms with van der Waals surface area (Å²) in [6.07, 6.45) is 10.1. The molecule has 1 N–H and O–H groups in total. The van der Waals surface area contributed by atoms with E-state index in [0.29, 0.717) is 0 Å². The Morgan fingerprint density at radius 2 is 1.81 bits per heavy atom. The maximum atomic E-state index is 3.84. The highest BCUT2D eigenvalue weighted by molar-refractivity contribution is 7.99. The molecule has 1 heterocycles. The molecule has 1 aliphatic carbocycles. The minimum Gasteiger partial charge on any atom is -0.314 e. The minimum atomic E-state index is 0.833. The van der Waals surface area contributed by atoms with Crippen molar-refractivity contribution in [2.45, 2.75) is 57.9 Å². The molecule has 2 aliphatic rings. The fraction of sp³-hybridized carbons (Fsp3) is 1.00. The van der Waals surface area contributed by atoms with Gasteiger partial charge in [-0.05, 0) is 62.0 Å². The first-order valence-corrected chi connectivity index (χ1v) is 8.31. The lowest BCUT2D eigenvalue weighted by atomic mass is 10.0. The number of hydrogen-bond donors (Lipinski definition) is 1. The second-order valence-corrected chi connectivity index (χ2v) is 7.00. The smallest absolute Gasteiger partial charge is 0.00672 e. The largest absolute Gasteiger partial charge is 0.314 e. The van der Waals surface area contributed by atoms with Crippen LogP contribution in [0.1, 0.15) is 51.9 Å². The lowest BCUT2D eigenvalue weighted by molar-refractivity contribution is 0.381. The van der Waals surface area contributed by atoms with E-state index >= 15 is 0 Å². The zero-order valence-corrected chi connectivity index (χ0v) is 11.5. The van der Waals surface area contributed by atoms with E-state index in [1.54, 1.807) is 0 Å². The van der Waals surface area contributed by atoms with Crippen LogP contribution in [-0.2, 0) is 0 Å². The predicted molar refractivity (Wildman–Crippen MR) is 74.1 cm³/mol. The number of hydrogen-bond acceptors (Lipinski definition) is 2. The first-order chi connectivity index (χ1) is 7.84. The second-order valence-electron chi connectivity index (χ2n) is 5.77. The molecule has 0 amide bonds. The summed E-state index contributed by atoms with van der Waals surface area (Å²) >= 11 is 2.14. The molecule has 16 heavy (non-hydrogen) atoms. The summed E-state index contributed by atoms with van der Waals surface area (Å²) in [6, 6.07) is 0.833. The molecule has 0 aromatic rings. The van der Waals surface area contributed by atoms with E-state index in [4.69, 9.17) is 0 Å². The van der Waals surface area contributed by atoms with Crippen LogP contribution in [0.5, 0.6) is 0 Å². The SMILES string of the molecule is CC1CCCC(NCC2CCSCC2)CC1. The summed E-state index contributed by atoms with van der Waals surface area (Å²) in [5, 5.41) is 3.84. The molecule has 1 saturated carbocycles. The second kappa shape index (κ2) is 6.90. The zero-order chi connectivity index (χ0) is 11.2. The molecule has 2 unspecified atom stereocenters. The van der Waals surface area contributed by atoms with Gasteiger partial charge in [-0.1, -0.05) is 19.8 Å². The van der Waals surface area contributed by atoms with Crippen molar-refractivity contribution in [3.63, 3.8) is 0 Å². The van der Waals surface area contributed by atoms with Crippen LogP contribution in [0.25, 0.3) is 0 Å². The Hall–Kier alpha value is 0.310. The fourth-order valence-electron chi connectivity index (χ4n) is 2.98. The van der Waals surface area contributed by atoms with E-state index in [1.165, 1.54) is 63.0 Å². The molecule has 0 bridgehead atoms. The van der Waals surface area contributed by atoms with Gasteiger partial charge in [0.2, 0.25) is 0 Å². The van der Waals surface area contributed by atoms with Crippen molar-refractivity contribution >= 4 is 11.8 Å².